The van der Waals surface area contributed by atoms with Crippen molar-refractivity contribution in [2.24, 2.45) is 5.73 Å². The molecule has 0 aromatic heterocycles. The van der Waals surface area contributed by atoms with Gasteiger partial charge in [0.05, 0.1) is 12.7 Å². The fourth-order valence-electron chi connectivity index (χ4n) is 2.59. The van der Waals surface area contributed by atoms with E-state index in [9.17, 15) is 18.6 Å². The molecule has 29 heavy (non-hydrogen) atoms. The zero-order chi connectivity index (χ0) is 21.9. The Morgan fingerprint density at radius 3 is 2.31 bits per heavy atom. The summed E-state index contributed by atoms with van der Waals surface area (Å²) in [5.74, 6) is 0. The molecule has 1 aromatic rings. The van der Waals surface area contributed by atoms with Crippen molar-refractivity contribution in [2.75, 3.05) is 6.61 Å². The lowest BCUT2D eigenvalue weighted by atomic mass is 9.96. The summed E-state index contributed by atoms with van der Waals surface area (Å²) in [6.07, 6.45) is -1.91. The van der Waals surface area contributed by atoms with Gasteiger partial charge in [0, 0.05) is 6.00 Å². The highest BCUT2D eigenvalue weighted by Gasteiger charge is 2.42. The zero-order valence-electron chi connectivity index (χ0n) is 15.1. The standard InChI is InChI=1S/C12H21BNO12P3/c13-11-6-9(24-12(14)8-4-2-1-3-5-8)10(23-11)7-22-28(18,19)26-29(20,21)25-27(15,16)17/h1-5,9-12H,6-7,13-14H2,(H,18,19)(H,20,21)(H2,15,16,17). The van der Waals surface area contributed by atoms with Crippen molar-refractivity contribution in [1.82, 2.24) is 0 Å². The van der Waals surface area contributed by atoms with Crippen LogP contribution in [0.1, 0.15) is 18.2 Å². The maximum absolute atomic E-state index is 11.8. The Kier molecular flexibility index (Phi) is 8.40. The molecule has 0 bridgehead atoms. The van der Waals surface area contributed by atoms with Crippen LogP contribution in [0.15, 0.2) is 30.3 Å². The van der Waals surface area contributed by atoms with Crippen molar-refractivity contribution >= 4 is 31.3 Å². The first-order valence-electron chi connectivity index (χ1n) is 8.16. The average molecular weight is 475 g/mol. The first kappa shape index (κ1) is 24.8. The van der Waals surface area contributed by atoms with Crippen molar-refractivity contribution in [3.05, 3.63) is 35.9 Å². The first-order valence-corrected chi connectivity index (χ1v) is 12.7. The lowest BCUT2D eigenvalue weighted by molar-refractivity contribution is -0.0672. The molecule has 164 valence electrons. The van der Waals surface area contributed by atoms with Crippen LogP contribution in [0.5, 0.6) is 0 Å². The van der Waals surface area contributed by atoms with Crippen LogP contribution >= 0.6 is 23.5 Å². The third-order valence-corrected chi connectivity index (χ3v) is 7.46. The highest BCUT2D eigenvalue weighted by Crippen LogP contribution is 2.66. The van der Waals surface area contributed by atoms with E-state index < -0.39 is 48.5 Å². The lowest BCUT2D eigenvalue weighted by Gasteiger charge is -2.24. The summed E-state index contributed by atoms with van der Waals surface area (Å²) < 4.78 is 57.0. The number of nitrogens with two attached hydrogens (primary N) is 1. The summed E-state index contributed by atoms with van der Waals surface area (Å²) in [6, 6.07) is 8.58. The third kappa shape index (κ3) is 8.68. The molecule has 0 aliphatic carbocycles. The highest BCUT2D eigenvalue weighted by atomic mass is 31.3. The lowest BCUT2D eigenvalue weighted by Crippen LogP contribution is -2.32. The van der Waals surface area contributed by atoms with Crippen LogP contribution in [-0.2, 0) is 36.3 Å². The SMILES string of the molecule is BC1CC(OC(N)c2ccccc2)C(COP(=O)(O)OP(=O)(O)OP(=O)(O)O)O1. The fraction of sp³-hybridized carbons (Fsp3) is 0.500. The first-order chi connectivity index (χ1) is 13.3. The van der Waals surface area contributed by atoms with Crippen molar-refractivity contribution in [3.63, 3.8) is 0 Å². The van der Waals surface area contributed by atoms with Gasteiger partial charge in [-0.15, -0.1) is 0 Å². The van der Waals surface area contributed by atoms with Crippen molar-refractivity contribution in [2.45, 2.75) is 30.9 Å². The molecule has 1 aliphatic rings. The van der Waals surface area contributed by atoms with Gasteiger partial charge in [-0.05, 0) is 12.0 Å². The molecule has 13 nitrogen and oxygen atoms in total. The van der Waals surface area contributed by atoms with Gasteiger partial charge in [0.15, 0.2) is 0 Å². The molecule has 1 saturated heterocycles. The summed E-state index contributed by atoms with van der Waals surface area (Å²) >= 11 is 0. The van der Waals surface area contributed by atoms with E-state index in [2.05, 4.69) is 13.1 Å². The molecule has 6 atom stereocenters. The predicted octanol–water partition coefficient (Wildman–Crippen LogP) is 0.120. The van der Waals surface area contributed by atoms with Gasteiger partial charge in [0.1, 0.15) is 20.2 Å². The van der Waals surface area contributed by atoms with Crippen molar-refractivity contribution in [3.8, 4) is 0 Å². The maximum atomic E-state index is 11.8. The fourth-order valence-corrected chi connectivity index (χ4v) is 5.62. The van der Waals surface area contributed by atoms with Gasteiger partial charge in [-0.25, -0.2) is 13.7 Å². The Morgan fingerprint density at radius 2 is 1.72 bits per heavy atom. The third-order valence-electron chi connectivity index (χ3n) is 3.65. The van der Waals surface area contributed by atoms with E-state index in [0.717, 1.165) is 0 Å². The number of hydrogen-bond donors (Lipinski definition) is 5. The second-order valence-electron chi connectivity index (χ2n) is 6.11. The minimum Gasteiger partial charge on any atom is -0.379 e. The highest BCUT2D eigenvalue weighted by molar-refractivity contribution is 7.66. The smallest absolute Gasteiger partial charge is 0.379 e. The molecule has 0 radical (unpaired) electrons. The molecule has 1 aromatic carbocycles. The van der Waals surface area contributed by atoms with Gasteiger partial charge in [0.2, 0.25) is 0 Å². The molecular formula is C12H21BNO12P3. The normalized spacial score (nSPS) is 27.8. The number of phosphoric ester groups is 1. The second kappa shape index (κ2) is 9.80. The Balaban J connectivity index is 1.95. The molecule has 17 heteroatoms. The number of benzene rings is 1. The molecular weight excluding hydrogens is 454 g/mol. The summed E-state index contributed by atoms with van der Waals surface area (Å²) in [4.78, 5) is 35.7. The number of ether oxygens (including phenoxy) is 2. The largest absolute Gasteiger partial charge is 0.490 e. The molecule has 1 heterocycles. The molecule has 1 aliphatic heterocycles. The number of hydrogen-bond acceptors (Lipinski definition) is 9. The summed E-state index contributed by atoms with van der Waals surface area (Å²) in [7, 11) is -14.5. The molecule has 0 spiro atoms. The van der Waals surface area contributed by atoms with E-state index >= 15 is 0 Å². The molecule has 0 saturated carbocycles. The van der Waals surface area contributed by atoms with Crippen LogP contribution in [0.3, 0.4) is 0 Å². The molecule has 2 rings (SSSR count). The summed E-state index contributed by atoms with van der Waals surface area (Å²) in [5, 5.41) is 0. The zero-order valence-corrected chi connectivity index (χ0v) is 17.8. The minimum absolute atomic E-state index is 0.294. The van der Waals surface area contributed by atoms with E-state index in [-0.39, 0.29) is 6.00 Å². The maximum Gasteiger partial charge on any atom is 0.490 e. The van der Waals surface area contributed by atoms with Gasteiger partial charge in [0.25, 0.3) is 0 Å². The van der Waals surface area contributed by atoms with Gasteiger partial charge < -0.3 is 34.8 Å². The van der Waals surface area contributed by atoms with Crippen molar-refractivity contribution < 1.29 is 55.9 Å². The molecule has 1 fully saturated rings. The van der Waals surface area contributed by atoms with Gasteiger partial charge in [-0.3, -0.25) is 4.52 Å². The number of phosphoric acid groups is 3. The molecule has 6 unspecified atom stereocenters. The Labute approximate surface area is 167 Å². The second-order valence-corrected chi connectivity index (χ2v) is 10.5. The quantitative estimate of drug-likeness (QED) is 0.174. The van der Waals surface area contributed by atoms with Crippen LogP contribution < -0.4 is 5.73 Å². The molecule has 0 amide bonds. The van der Waals surface area contributed by atoms with Gasteiger partial charge in [-0.1, -0.05) is 30.3 Å². The Hall–Kier alpha value is -0.425. The summed E-state index contributed by atoms with van der Waals surface area (Å²) in [6.45, 7) is -0.597. The summed E-state index contributed by atoms with van der Waals surface area (Å²) in [5.41, 5.74) is 6.69. The monoisotopic (exact) mass is 475 g/mol. The van der Waals surface area contributed by atoms with Gasteiger partial charge in [-0.2, -0.15) is 8.62 Å². The Bertz CT molecular complexity index is 822. The van der Waals surface area contributed by atoms with E-state index in [4.69, 9.17) is 29.9 Å². The van der Waals surface area contributed by atoms with E-state index in [0.29, 0.717) is 12.0 Å². The minimum atomic E-state index is -5.58. The van der Waals surface area contributed by atoms with Crippen LogP contribution in [0.2, 0.25) is 0 Å². The van der Waals surface area contributed by atoms with Crippen molar-refractivity contribution in [1.29, 1.82) is 0 Å². The van der Waals surface area contributed by atoms with E-state index in [1.807, 2.05) is 6.07 Å². The average Bonchev–Trinajstić information content (AvgIpc) is 2.90. The van der Waals surface area contributed by atoms with Crippen LogP contribution in [-0.4, -0.2) is 52.2 Å². The van der Waals surface area contributed by atoms with E-state index in [1.54, 1.807) is 32.1 Å². The topological polar surface area (TPSA) is 204 Å². The Morgan fingerprint density at radius 1 is 1.10 bits per heavy atom. The van der Waals surface area contributed by atoms with Crippen LogP contribution in [0, 0.1) is 0 Å². The van der Waals surface area contributed by atoms with Crippen LogP contribution in [0.4, 0.5) is 0 Å². The van der Waals surface area contributed by atoms with Gasteiger partial charge >= 0.3 is 23.5 Å². The number of rotatable bonds is 10. The van der Waals surface area contributed by atoms with Crippen LogP contribution in [0.25, 0.3) is 0 Å². The molecule has 6 N–H and O–H groups in total. The predicted molar refractivity (Wildman–Crippen MR) is 99.9 cm³/mol. The van der Waals surface area contributed by atoms with E-state index in [1.165, 1.54) is 0 Å².